The molecule has 6 heteroatoms. The van der Waals surface area contributed by atoms with Crippen LogP contribution >= 0.6 is 0 Å². The number of benzene rings is 2. The molecule has 0 aliphatic carbocycles. The van der Waals surface area contributed by atoms with Crippen LogP contribution in [0.5, 0.6) is 11.5 Å². The summed E-state index contributed by atoms with van der Waals surface area (Å²) in [6.45, 7) is 2.80. The van der Waals surface area contributed by atoms with E-state index in [-0.39, 0.29) is 24.8 Å². The lowest BCUT2D eigenvalue weighted by Crippen LogP contribution is -2.38. The largest absolute Gasteiger partial charge is 0.493 e. The van der Waals surface area contributed by atoms with Gasteiger partial charge in [0.05, 0.1) is 18.7 Å². The van der Waals surface area contributed by atoms with E-state index >= 15 is 0 Å². The third-order valence-electron chi connectivity index (χ3n) is 3.84. The van der Waals surface area contributed by atoms with Crippen LogP contribution in [-0.2, 0) is 9.59 Å². The van der Waals surface area contributed by atoms with Gasteiger partial charge in [-0.15, -0.1) is 0 Å². The van der Waals surface area contributed by atoms with E-state index in [4.69, 9.17) is 9.47 Å². The third-order valence-corrected chi connectivity index (χ3v) is 3.84. The lowest BCUT2D eigenvalue weighted by Gasteiger charge is -2.28. The van der Waals surface area contributed by atoms with E-state index in [9.17, 15) is 9.59 Å². The van der Waals surface area contributed by atoms with Crippen LogP contribution in [0.1, 0.15) is 13.3 Å². The summed E-state index contributed by atoms with van der Waals surface area (Å²) in [5.74, 6) is 1.14. The van der Waals surface area contributed by atoms with E-state index in [1.54, 1.807) is 23.1 Å². The molecule has 0 saturated carbocycles. The Labute approximate surface area is 146 Å². The Morgan fingerprint density at radius 2 is 2.04 bits per heavy atom. The standard InChI is InChI=1S/C19H20N2O4/c1-2-21-16-12-14(8-9-17(16)25-13-19(21)23)20-18(22)10-11-24-15-6-4-3-5-7-15/h3-9,12H,2,10-11,13H2,1H3,(H,20,22). The first kappa shape index (κ1) is 16.8. The van der Waals surface area contributed by atoms with Crippen molar-refractivity contribution in [2.75, 3.05) is 30.0 Å². The molecule has 25 heavy (non-hydrogen) atoms. The van der Waals surface area contributed by atoms with E-state index in [1.807, 2.05) is 37.3 Å². The molecular formula is C19H20N2O4. The molecule has 0 radical (unpaired) electrons. The molecule has 2 aromatic carbocycles. The molecule has 2 amide bonds. The predicted octanol–water partition coefficient (Wildman–Crippen LogP) is 2.84. The Morgan fingerprint density at radius 3 is 2.80 bits per heavy atom. The van der Waals surface area contributed by atoms with E-state index in [0.717, 1.165) is 5.75 Å². The summed E-state index contributed by atoms with van der Waals surface area (Å²) in [6.07, 6.45) is 0.235. The molecule has 6 nitrogen and oxygen atoms in total. The molecule has 0 unspecified atom stereocenters. The van der Waals surface area contributed by atoms with E-state index < -0.39 is 0 Å². The lowest BCUT2D eigenvalue weighted by molar-refractivity contribution is -0.121. The average molecular weight is 340 g/mol. The SMILES string of the molecule is CCN1C(=O)COc2ccc(NC(=O)CCOc3ccccc3)cc21. The molecule has 3 rings (SSSR count). The highest BCUT2D eigenvalue weighted by Crippen LogP contribution is 2.34. The Balaban J connectivity index is 1.58. The molecule has 0 aromatic heterocycles. The van der Waals surface area contributed by atoms with Gasteiger partial charge in [0.1, 0.15) is 11.5 Å². The van der Waals surface area contributed by atoms with Crippen LogP contribution in [0, 0.1) is 0 Å². The van der Waals surface area contributed by atoms with Gasteiger partial charge >= 0.3 is 0 Å². The first-order chi connectivity index (χ1) is 12.2. The molecule has 0 saturated heterocycles. The van der Waals surface area contributed by atoms with Crippen molar-refractivity contribution in [1.29, 1.82) is 0 Å². The summed E-state index contributed by atoms with van der Waals surface area (Å²) in [4.78, 5) is 25.6. The second kappa shape index (κ2) is 7.70. The third kappa shape index (κ3) is 4.09. The van der Waals surface area contributed by atoms with Crippen LogP contribution in [0.25, 0.3) is 0 Å². The fourth-order valence-corrected chi connectivity index (χ4v) is 2.63. The van der Waals surface area contributed by atoms with Crippen LogP contribution < -0.4 is 19.7 Å². The molecule has 130 valence electrons. The molecule has 1 heterocycles. The Morgan fingerprint density at radius 1 is 1.24 bits per heavy atom. The number of anilines is 2. The summed E-state index contributed by atoms with van der Waals surface area (Å²) in [5, 5.41) is 2.83. The highest BCUT2D eigenvalue weighted by Gasteiger charge is 2.24. The second-order valence-corrected chi connectivity index (χ2v) is 5.57. The molecule has 1 aliphatic rings. The molecule has 2 aromatic rings. The number of hydrogen-bond donors (Lipinski definition) is 1. The van der Waals surface area contributed by atoms with Crippen molar-refractivity contribution in [3.05, 3.63) is 48.5 Å². The maximum atomic E-state index is 12.1. The van der Waals surface area contributed by atoms with Crippen molar-refractivity contribution in [3.63, 3.8) is 0 Å². The maximum absolute atomic E-state index is 12.1. The number of nitrogens with one attached hydrogen (secondary N) is 1. The summed E-state index contributed by atoms with van der Waals surface area (Å²) >= 11 is 0. The number of amides is 2. The summed E-state index contributed by atoms with van der Waals surface area (Å²) in [6, 6.07) is 14.6. The monoisotopic (exact) mass is 340 g/mol. The zero-order chi connectivity index (χ0) is 17.6. The number of nitrogens with zero attached hydrogens (tertiary/aromatic N) is 1. The van der Waals surface area contributed by atoms with Gasteiger partial charge in [0.25, 0.3) is 5.91 Å². The van der Waals surface area contributed by atoms with E-state index in [1.165, 1.54) is 0 Å². The van der Waals surface area contributed by atoms with Gasteiger partial charge in [0.15, 0.2) is 6.61 Å². The minimum atomic E-state index is -0.151. The number of carbonyl (C=O) groups is 2. The fourth-order valence-electron chi connectivity index (χ4n) is 2.63. The van der Waals surface area contributed by atoms with E-state index in [0.29, 0.717) is 30.3 Å². The molecule has 0 atom stereocenters. The summed E-state index contributed by atoms with van der Waals surface area (Å²) < 4.78 is 10.9. The molecular weight excluding hydrogens is 320 g/mol. The van der Waals surface area contributed by atoms with E-state index in [2.05, 4.69) is 5.32 Å². The minimum absolute atomic E-state index is 0.0450. The van der Waals surface area contributed by atoms with Gasteiger partial charge in [-0.25, -0.2) is 0 Å². The lowest BCUT2D eigenvalue weighted by atomic mass is 10.2. The normalized spacial score (nSPS) is 13.0. The molecule has 1 aliphatic heterocycles. The highest BCUT2D eigenvalue weighted by atomic mass is 16.5. The van der Waals surface area contributed by atoms with Crippen LogP contribution in [-0.4, -0.2) is 31.6 Å². The topological polar surface area (TPSA) is 67.9 Å². The highest BCUT2D eigenvalue weighted by molar-refractivity contribution is 5.99. The molecule has 1 N–H and O–H groups in total. The van der Waals surface area contributed by atoms with Crippen molar-refractivity contribution in [1.82, 2.24) is 0 Å². The van der Waals surface area contributed by atoms with Crippen LogP contribution in [0.15, 0.2) is 48.5 Å². The van der Waals surface area contributed by atoms with Gasteiger partial charge in [-0.2, -0.15) is 0 Å². The second-order valence-electron chi connectivity index (χ2n) is 5.57. The quantitative estimate of drug-likeness (QED) is 0.878. The zero-order valence-corrected chi connectivity index (χ0v) is 14.0. The number of rotatable bonds is 6. The number of likely N-dealkylation sites (N-methyl/N-ethyl adjacent to an activating group) is 1. The fraction of sp³-hybridized carbons (Fsp3) is 0.263. The van der Waals surface area contributed by atoms with Crippen LogP contribution in [0.4, 0.5) is 11.4 Å². The van der Waals surface area contributed by atoms with Crippen LogP contribution in [0.2, 0.25) is 0 Å². The van der Waals surface area contributed by atoms with Gasteiger partial charge in [0, 0.05) is 12.2 Å². The van der Waals surface area contributed by atoms with Crippen LogP contribution in [0.3, 0.4) is 0 Å². The Kier molecular flexibility index (Phi) is 5.18. The molecule has 0 bridgehead atoms. The smallest absolute Gasteiger partial charge is 0.265 e. The summed E-state index contributed by atoms with van der Waals surface area (Å²) in [7, 11) is 0. The molecule has 0 spiro atoms. The van der Waals surface area contributed by atoms with Gasteiger partial charge in [-0.05, 0) is 37.3 Å². The molecule has 0 fully saturated rings. The number of fused-ring (bicyclic) bond motifs is 1. The maximum Gasteiger partial charge on any atom is 0.265 e. The van der Waals surface area contributed by atoms with Gasteiger partial charge in [-0.1, -0.05) is 18.2 Å². The number of para-hydroxylation sites is 1. The number of ether oxygens (including phenoxy) is 2. The predicted molar refractivity (Wildman–Crippen MR) is 95.1 cm³/mol. The first-order valence-electron chi connectivity index (χ1n) is 8.22. The van der Waals surface area contributed by atoms with Gasteiger partial charge in [0.2, 0.25) is 5.91 Å². The number of carbonyl (C=O) groups excluding carboxylic acids is 2. The first-order valence-corrected chi connectivity index (χ1v) is 8.22. The van der Waals surface area contributed by atoms with Crippen molar-refractivity contribution in [3.8, 4) is 11.5 Å². The zero-order valence-electron chi connectivity index (χ0n) is 14.0. The number of hydrogen-bond acceptors (Lipinski definition) is 4. The average Bonchev–Trinajstić information content (AvgIpc) is 2.62. The minimum Gasteiger partial charge on any atom is -0.493 e. The summed E-state index contributed by atoms with van der Waals surface area (Å²) in [5.41, 5.74) is 1.30. The Bertz CT molecular complexity index is 761. The van der Waals surface area contributed by atoms with Gasteiger partial charge in [-0.3, -0.25) is 9.59 Å². The van der Waals surface area contributed by atoms with Crippen molar-refractivity contribution < 1.29 is 19.1 Å². The Hall–Kier alpha value is -3.02. The van der Waals surface area contributed by atoms with Crippen molar-refractivity contribution >= 4 is 23.2 Å². The van der Waals surface area contributed by atoms with Gasteiger partial charge < -0.3 is 19.7 Å². The van der Waals surface area contributed by atoms with Crippen molar-refractivity contribution in [2.24, 2.45) is 0 Å². The van der Waals surface area contributed by atoms with Crippen molar-refractivity contribution in [2.45, 2.75) is 13.3 Å².